The van der Waals surface area contributed by atoms with Crippen molar-refractivity contribution in [3.63, 3.8) is 0 Å². The number of ether oxygens (including phenoxy) is 1. The van der Waals surface area contributed by atoms with Crippen LogP contribution in [0.1, 0.15) is 51.9 Å². The minimum atomic E-state index is -1.30. The molecule has 184 valence electrons. The number of rotatable bonds is 7. The van der Waals surface area contributed by atoms with Gasteiger partial charge in [-0.3, -0.25) is 4.98 Å². The van der Waals surface area contributed by atoms with E-state index < -0.39 is 5.79 Å². The molecule has 0 bridgehead atoms. The fourth-order valence-electron chi connectivity index (χ4n) is 4.08. The summed E-state index contributed by atoms with van der Waals surface area (Å²) >= 11 is 3.06. The number of thiazole rings is 1. The first-order valence-electron chi connectivity index (χ1n) is 11.5. The molecule has 0 amide bonds. The fourth-order valence-corrected chi connectivity index (χ4v) is 5.60. The number of carbonyl (C=O) groups is 1. The maximum absolute atomic E-state index is 11.6. The summed E-state index contributed by atoms with van der Waals surface area (Å²) in [6.45, 7) is 11.1. The molecule has 8 nitrogen and oxygen atoms in total. The molecule has 1 saturated carbocycles. The van der Waals surface area contributed by atoms with E-state index in [-0.39, 0.29) is 18.1 Å². The lowest BCUT2D eigenvalue weighted by Gasteiger charge is -2.25. The minimum Gasteiger partial charge on any atom is -0.366 e. The summed E-state index contributed by atoms with van der Waals surface area (Å²) in [4.78, 5) is 30.2. The molecule has 0 aromatic carbocycles. The first kappa shape index (κ1) is 26.5. The van der Waals surface area contributed by atoms with Crippen LogP contribution in [-0.4, -0.2) is 55.5 Å². The van der Waals surface area contributed by atoms with Crippen molar-refractivity contribution in [2.75, 3.05) is 11.6 Å². The van der Waals surface area contributed by atoms with Crippen molar-refractivity contribution in [2.45, 2.75) is 77.5 Å². The highest BCUT2D eigenvalue weighted by atomic mass is 32.2. The highest BCUT2D eigenvalue weighted by molar-refractivity contribution is 7.98. The second-order valence-electron chi connectivity index (χ2n) is 8.50. The number of carbonyl (C=O) groups excluding carboxylic acids is 1. The smallest absolute Gasteiger partial charge is 0.189 e. The van der Waals surface area contributed by atoms with Crippen molar-refractivity contribution in [1.82, 2.24) is 19.9 Å². The van der Waals surface area contributed by atoms with Crippen LogP contribution in [0.4, 0.5) is 5.82 Å². The predicted octanol–water partition coefficient (Wildman–Crippen LogP) is 5.02. The first-order chi connectivity index (χ1) is 16.2. The lowest BCUT2D eigenvalue weighted by atomic mass is 10.1. The summed E-state index contributed by atoms with van der Waals surface area (Å²) in [6, 6.07) is 1.94. The molecular weight excluding hydrogens is 470 g/mol. The van der Waals surface area contributed by atoms with Gasteiger partial charge in [0.15, 0.2) is 10.9 Å². The van der Waals surface area contributed by atoms with Gasteiger partial charge < -0.3 is 20.0 Å². The average molecular weight is 504 g/mol. The highest BCUT2D eigenvalue weighted by Crippen LogP contribution is 2.39. The molecule has 10 heteroatoms. The van der Waals surface area contributed by atoms with Crippen LogP contribution in [0.2, 0.25) is 0 Å². The van der Waals surface area contributed by atoms with Crippen molar-refractivity contribution < 1.29 is 14.6 Å². The van der Waals surface area contributed by atoms with E-state index >= 15 is 0 Å². The minimum absolute atomic E-state index is 0.0295. The molecule has 2 N–H and O–H groups in total. The van der Waals surface area contributed by atoms with Crippen LogP contribution >= 0.6 is 23.1 Å². The van der Waals surface area contributed by atoms with E-state index in [1.807, 2.05) is 40.0 Å². The maximum atomic E-state index is 11.6. The third-order valence-electron chi connectivity index (χ3n) is 5.46. The van der Waals surface area contributed by atoms with Crippen LogP contribution < -0.4 is 5.32 Å². The van der Waals surface area contributed by atoms with Crippen LogP contribution in [-0.2, 0) is 9.53 Å². The van der Waals surface area contributed by atoms with Gasteiger partial charge in [0.2, 0.25) is 0 Å². The Hall–Kier alpha value is -2.14. The normalized spacial score (nSPS) is 20.2. The van der Waals surface area contributed by atoms with Gasteiger partial charge >= 0.3 is 0 Å². The quantitative estimate of drug-likeness (QED) is 0.199. The van der Waals surface area contributed by atoms with E-state index in [0.29, 0.717) is 23.8 Å². The highest BCUT2D eigenvalue weighted by Gasteiger charge is 2.38. The molecule has 3 atom stereocenters. The summed E-state index contributed by atoms with van der Waals surface area (Å²) in [7, 11) is 0. The topological polar surface area (TPSA) is 110 Å². The fraction of sp³-hybridized carbons (Fsp3) is 0.542. The molecule has 1 aliphatic rings. The zero-order valence-corrected chi connectivity index (χ0v) is 22.4. The van der Waals surface area contributed by atoms with E-state index in [0.717, 1.165) is 38.5 Å². The van der Waals surface area contributed by atoms with Gasteiger partial charge in [0, 0.05) is 18.2 Å². The Labute approximate surface area is 209 Å². The van der Waals surface area contributed by atoms with E-state index in [1.54, 1.807) is 31.4 Å². The van der Waals surface area contributed by atoms with Gasteiger partial charge in [0.25, 0.3) is 0 Å². The molecular formula is C24H33N5O3S2. The Morgan fingerprint density at radius 1 is 1.21 bits per heavy atom. The molecule has 34 heavy (non-hydrogen) atoms. The Kier molecular flexibility index (Phi) is 8.62. The SMILES string of the molecule is CC.CSc1nc(C)c(-c2nc3c(C)nccc3s2)c(NC2CC(C=O)[C@@H](OC(C)(C)O)C2)n1. The largest absolute Gasteiger partial charge is 0.366 e. The Morgan fingerprint density at radius 3 is 2.56 bits per heavy atom. The third kappa shape index (κ3) is 5.91. The number of nitrogens with zero attached hydrogens (tertiary/aromatic N) is 4. The van der Waals surface area contributed by atoms with E-state index in [1.165, 1.54) is 11.8 Å². The summed E-state index contributed by atoms with van der Waals surface area (Å²) in [5.74, 6) is -0.886. The molecule has 0 spiro atoms. The van der Waals surface area contributed by atoms with Gasteiger partial charge in [0.1, 0.15) is 22.6 Å². The van der Waals surface area contributed by atoms with Gasteiger partial charge in [-0.1, -0.05) is 25.6 Å². The van der Waals surface area contributed by atoms with E-state index in [2.05, 4.69) is 15.3 Å². The number of anilines is 1. The molecule has 3 aromatic rings. The van der Waals surface area contributed by atoms with Crippen molar-refractivity contribution in [2.24, 2.45) is 5.92 Å². The third-order valence-corrected chi connectivity index (χ3v) is 7.05. The number of aliphatic hydroxyl groups is 1. The number of fused-ring (bicyclic) bond motifs is 1. The number of pyridine rings is 1. The van der Waals surface area contributed by atoms with Crippen LogP contribution in [0.15, 0.2) is 17.4 Å². The molecule has 1 aliphatic carbocycles. The number of aldehydes is 1. The number of aryl methyl sites for hydroxylation is 2. The van der Waals surface area contributed by atoms with Gasteiger partial charge in [-0.25, -0.2) is 15.0 Å². The second kappa shape index (κ2) is 11.1. The van der Waals surface area contributed by atoms with Gasteiger partial charge in [-0.2, -0.15) is 0 Å². The molecule has 0 saturated heterocycles. The van der Waals surface area contributed by atoms with Gasteiger partial charge in [-0.15, -0.1) is 11.3 Å². The number of aromatic nitrogens is 4. The predicted molar refractivity (Wildman–Crippen MR) is 138 cm³/mol. The molecule has 0 radical (unpaired) electrons. The molecule has 3 heterocycles. The second-order valence-corrected chi connectivity index (χ2v) is 10.3. The number of thioether (sulfide) groups is 1. The summed E-state index contributed by atoms with van der Waals surface area (Å²) in [5.41, 5.74) is 3.46. The Balaban J connectivity index is 0.00000158. The van der Waals surface area contributed by atoms with Crippen LogP contribution in [0.3, 0.4) is 0 Å². The van der Waals surface area contributed by atoms with Crippen molar-refractivity contribution >= 4 is 45.4 Å². The molecule has 1 fully saturated rings. The monoisotopic (exact) mass is 503 g/mol. The zero-order chi connectivity index (χ0) is 25.0. The summed E-state index contributed by atoms with van der Waals surface area (Å²) < 4.78 is 6.80. The van der Waals surface area contributed by atoms with Crippen LogP contribution in [0.25, 0.3) is 20.8 Å². The molecule has 0 aliphatic heterocycles. The number of hydrogen-bond donors (Lipinski definition) is 2. The van der Waals surface area contributed by atoms with Crippen LogP contribution in [0.5, 0.6) is 0 Å². The Bertz CT molecular complexity index is 1150. The average Bonchev–Trinajstić information content (AvgIpc) is 3.38. The standard InChI is InChI=1S/C22H27N5O3S2.C2H6/c1-11-17(20-26-18-12(2)23-7-6-16(18)32-20)19(27-21(24-11)31-5)25-14-8-13(10-28)15(9-14)30-22(3,4)29;1-2/h6-7,10,13-15,29H,8-9H2,1-5H3,(H,24,25,27);1-2H3/t13?,14?,15-;/m0./s1. The Morgan fingerprint density at radius 2 is 1.94 bits per heavy atom. The first-order valence-corrected chi connectivity index (χ1v) is 13.5. The van der Waals surface area contributed by atoms with Gasteiger partial charge in [-0.05, 0) is 52.9 Å². The van der Waals surface area contributed by atoms with E-state index in [4.69, 9.17) is 14.7 Å². The maximum Gasteiger partial charge on any atom is 0.189 e. The van der Waals surface area contributed by atoms with Crippen LogP contribution in [0, 0.1) is 19.8 Å². The lowest BCUT2D eigenvalue weighted by Crippen LogP contribution is -2.33. The molecule has 3 aromatic heterocycles. The van der Waals surface area contributed by atoms with Crippen molar-refractivity contribution in [1.29, 1.82) is 0 Å². The lowest BCUT2D eigenvalue weighted by molar-refractivity contribution is -0.210. The molecule has 2 unspecified atom stereocenters. The van der Waals surface area contributed by atoms with Gasteiger partial charge in [0.05, 0.1) is 27.8 Å². The zero-order valence-electron chi connectivity index (χ0n) is 20.7. The number of hydrogen-bond acceptors (Lipinski definition) is 10. The summed E-state index contributed by atoms with van der Waals surface area (Å²) in [5, 5.41) is 15.1. The van der Waals surface area contributed by atoms with Crippen molar-refractivity contribution in [3.05, 3.63) is 23.7 Å². The van der Waals surface area contributed by atoms with E-state index in [9.17, 15) is 9.90 Å². The molecule has 4 rings (SSSR count). The number of nitrogens with one attached hydrogen (secondary N) is 1. The van der Waals surface area contributed by atoms with Crippen molar-refractivity contribution in [3.8, 4) is 10.6 Å². The summed E-state index contributed by atoms with van der Waals surface area (Å²) in [6.07, 6.45) is 5.49.